The lowest BCUT2D eigenvalue weighted by molar-refractivity contribution is -0.128. The molecule has 9 nitrogen and oxygen atoms in total. The van der Waals surface area contributed by atoms with Gasteiger partial charge in [0.1, 0.15) is 12.1 Å². The standard InChI is InChI=1S/C16H29Cl2N7O2/c1-24(2)3-4-27-11-5-12(18)20-7-10(11)22-16(26)13-14(19)23-25-8-9(17)6-21-15(13)25/h8,10-15,20-21,23H,3-7,19H2,1-2H3,(H,22,26). The number of alkyl halides is 1. The van der Waals surface area contributed by atoms with Gasteiger partial charge in [-0.3, -0.25) is 20.4 Å². The highest BCUT2D eigenvalue weighted by molar-refractivity contribution is 6.29. The van der Waals surface area contributed by atoms with Crippen molar-refractivity contribution in [2.24, 2.45) is 11.7 Å². The van der Waals surface area contributed by atoms with Crippen LogP contribution in [0.2, 0.25) is 0 Å². The van der Waals surface area contributed by atoms with Crippen LogP contribution < -0.4 is 27.1 Å². The number of ether oxygens (including phenoxy) is 1. The first-order valence-corrected chi connectivity index (χ1v) is 10.0. The third-order valence-electron chi connectivity index (χ3n) is 5.03. The molecule has 2 fully saturated rings. The predicted octanol–water partition coefficient (Wildman–Crippen LogP) is -1.29. The summed E-state index contributed by atoms with van der Waals surface area (Å²) in [5.41, 5.74) is 9.07. The second-order valence-corrected chi connectivity index (χ2v) is 8.44. The molecular weight excluding hydrogens is 393 g/mol. The Hall–Kier alpha value is -0.650. The minimum atomic E-state index is -0.508. The summed E-state index contributed by atoms with van der Waals surface area (Å²) in [5.74, 6) is -0.579. The van der Waals surface area contributed by atoms with E-state index >= 15 is 0 Å². The minimum absolute atomic E-state index is 0.123. The lowest BCUT2D eigenvalue weighted by Gasteiger charge is -2.36. The number of carbonyl (C=O) groups excluding carboxylic acids is 1. The summed E-state index contributed by atoms with van der Waals surface area (Å²) in [7, 11) is 3.99. The lowest BCUT2D eigenvalue weighted by Crippen LogP contribution is -2.60. The molecule has 0 aromatic carbocycles. The van der Waals surface area contributed by atoms with E-state index in [1.165, 1.54) is 0 Å². The average Bonchev–Trinajstić information content (AvgIpc) is 2.91. The van der Waals surface area contributed by atoms with Crippen molar-refractivity contribution in [1.82, 2.24) is 31.3 Å². The van der Waals surface area contributed by atoms with Gasteiger partial charge in [0.15, 0.2) is 0 Å². The number of rotatable bonds is 6. The van der Waals surface area contributed by atoms with E-state index in [1.54, 1.807) is 11.2 Å². The van der Waals surface area contributed by atoms with Crippen molar-refractivity contribution in [3.8, 4) is 0 Å². The van der Waals surface area contributed by atoms with Crippen LogP contribution in [0, 0.1) is 5.92 Å². The lowest BCUT2D eigenvalue weighted by atomic mass is 9.99. The Balaban J connectivity index is 1.61. The fourth-order valence-corrected chi connectivity index (χ4v) is 4.03. The highest BCUT2D eigenvalue weighted by Crippen LogP contribution is 2.24. The number of piperidine rings is 1. The molecule has 6 atom stereocenters. The zero-order valence-electron chi connectivity index (χ0n) is 15.6. The number of hydrazine groups is 1. The summed E-state index contributed by atoms with van der Waals surface area (Å²) in [4.78, 5) is 15.0. The molecule has 6 N–H and O–H groups in total. The van der Waals surface area contributed by atoms with Gasteiger partial charge in [-0.05, 0) is 14.1 Å². The number of nitrogens with two attached hydrogens (primary N) is 1. The fourth-order valence-electron chi connectivity index (χ4n) is 3.58. The largest absolute Gasteiger partial charge is 0.375 e. The molecule has 0 aromatic heterocycles. The SMILES string of the molecule is CN(C)CCOC1CC(Cl)NCC1NC(=O)C1C(N)NN2C=C(Cl)CNC12. The van der Waals surface area contributed by atoms with Crippen LogP contribution in [-0.4, -0.2) is 86.1 Å². The molecule has 6 unspecified atom stereocenters. The first-order chi connectivity index (χ1) is 12.8. The van der Waals surface area contributed by atoms with Gasteiger partial charge in [-0.15, -0.1) is 11.6 Å². The van der Waals surface area contributed by atoms with Crippen LogP contribution in [0.3, 0.4) is 0 Å². The van der Waals surface area contributed by atoms with Gasteiger partial charge in [-0.1, -0.05) is 11.6 Å². The molecule has 11 heteroatoms. The van der Waals surface area contributed by atoms with Crippen LogP contribution in [0.1, 0.15) is 6.42 Å². The molecule has 1 amide bonds. The molecule has 0 radical (unpaired) electrons. The Labute approximate surface area is 169 Å². The second kappa shape index (κ2) is 9.23. The molecule has 0 aliphatic carbocycles. The number of nitrogens with one attached hydrogen (secondary N) is 4. The summed E-state index contributed by atoms with van der Waals surface area (Å²) in [6.07, 6.45) is 1.50. The Bertz CT molecular complexity index is 565. The number of hydrogen-bond acceptors (Lipinski definition) is 8. The van der Waals surface area contributed by atoms with Crippen molar-refractivity contribution in [1.29, 1.82) is 0 Å². The zero-order valence-corrected chi connectivity index (χ0v) is 17.1. The summed E-state index contributed by atoms with van der Waals surface area (Å²) in [6, 6.07) is -0.168. The number of fused-ring (bicyclic) bond motifs is 1. The molecule has 0 spiro atoms. The molecule has 27 heavy (non-hydrogen) atoms. The number of halogens is 2. The minimum Gasteiger partial charge on any atom is -0.375 e. The van der Waals surface area contributed by atoms with Crippen molar-refractivity contribution < 1.29 is 9.53 Å². The van der Waals surface area contributed by atoms with Gasteiger partial charge < -0.3 is 20.7 Å². The third kappa shape index (κ3) is 5.24. The van der Waals surface area contributed by atoms with Gasteiger partial charge in [0.2, 0.25) is 5.91 Å². The highest BCUT2D eigenvalue weighted by Gasteiger charge is 2.45. The molecule has 0 bridgehead atoms. The first-order valence-electron chi connectivity index (χ1n) is 9.19. The summed E-state index contributed by atoms with van der Waals surface area (Å²) in [6.45, 7) is 2.45. The maximum absolute atomic E-state index is 13.0. The predicted molar refractivity (Wildman–Crippen MR) is 105 cm³/mol. The maximum atomic E-state index is 13.0. The van der Waals surface area contributed by atoms with E-state index in [-0.39, 0.29) is 29.7 Å². The van der Waals surface area contributed by atoms with Crippen LogP contribution in [0.4, 0.5) is 0 Å². The number of carbonyl (C=O) groups is 1. The smallest absolute Gasteiger partial charge is 0.229 e. The molecular formula is C16H29Cl2N7O2. The van der Waals surface area contributed by atoms with E-state index in [0.717, 1.165) is 6.54 Å². The van der Waals surface area contributed by atoms with Gasteiger partial charge >= 0.3 is 0 Å². The van der Waals surface area contributed by atoms with E-state index in [9.17, 15) is 4.79 Å². The van der Waals surface area contributed by atoms with Crippen LogP contribution >= 0.6 is 23.2 Å². The van der Waals surface area contributed by atoms with E-state index < -0.39 is 12.1 Å². The topological polar surface area (TPSA) is 107 Å². The Morgan fingerprint density at radius 3 is 3.00 bits per heavy atom. The summed E-state index contributed by atoms with van der Waals surface area (Å²) in [5, 5.41) is 12.0. The van der Waals surface area contributed by atoms with Crippen molar-refractivity contribution >= 4 is 29.1 Å². The molecule has 2 saturated heterocycles. The van der Waals surface area contributed by atoms with E-state index in [2.05, 4.69) is 26.3 Å². The molecule has 3 aliphatic heterocycles. The van der Waals surface area contributed by atoms with Crippen molar-refractivity contribution in [2.75, 3.05) is 40.3 Å². The molecule has 0 saturated carbocycles. The molecule has 0 aromatic rings. The van der Waals surface area contributed by atoms with Crippen LogP contribution in [0.25, 0.3) is 0 Å². The van der Waals surface area contributed by atoms with Crippen molar-refractivity contribution in [2.45, 2.75) is 36.4 Å². The zero-order chi connectivity index (χ0) is 19.6. The second-order valence-electron chi connectivity index (χ2n) is 7.43. The summed E-state index contributed by atoms with van der Waals surface area (Å²) < 4.78 is 6.01. The van der Waals surface area contributed by atoms with E-state index in [1.807, 2.05) is 14.1 Å². The van der Waals surface area contributed by atoms with E-state index in [4.69, 9.17) is 33.7 Å². The fraction of sp³-hybridized carbons (Fsp3) is 0.812. The quantitative estimate of drug-likeness (QED) is 0.266. The van der Waals surface area contributed by atoms with Crippen LogP contribution in [-0.2, 0) is 9.53 Å². The summed E-state index contributed by atoms with van der Waals surface area (Å²) >= 11 is 12.3. The van der Waals surface area contributed by atoms with Crippen molar-refractivity contribution in [3.63, 3.8) is 0 Å². The van der Waals surface area contributed by atoms with Crippen molar-refractivity contribution in [3.05, 3.63) is 11.2 Å². The van der Waals surface area contributed by atoms with Gasteiger partial charge in [-0.25, -0.2) is 5.43 Å². The van der Waals surface area contributed by atoms with Crippen LogP contribution in [0.5, 0.6) is 0 Å². The highest BCUT2D eigenvalue weighted by atomic mass is 35.5. The van der Waals surface area contributed by atoms with E-state index in [0.29, 0.717) is 31.1 Å². The molecule has 3 aliphatic rings. The number of likely N-dealkylation sites (N-methyl/N-ethyl adjacent to an activating group) is 1. The van der Waals surface area contributed by atoms with Crippen LogP contribution in [0.15, 0.2) is 11.2 Å². The van der Waals surface area contributed by atoms with Gasteiger partial charge in [0.05, 0.1) is 30.4 Å². The van der Waals surface area contributed by atoms with Gasteiger partial charge in [0, 0.05) is 37.3 Å². The maximum Gasteiger partial charge on any atom is 0.229 e. The number of amides is 1. The molecule has 154 valence electrons. The molecule has 3 rings (SSSR count). The Morgan fingerprint density at radius 2 is 2.26 bits per heavy atom. The first kappa shape index (κ1) is 21.1. The normalized spacial score (nSPS) is 36.5. The Kier molecular flexibility index (Phi) is 7.20. The third-order valence-corrected chi connectivity index (χ3v) is 5.60. The Morgan fingerprint density at radius 1 is 1.48 bits per heavy atom. The monoisotopic (exact) mass is 421 g/mol. The number of nitrogens with zero attached hydrogens (tertiary/aromatic N) is 2. The number of hydrogen-bond donors (Lipinski definition) is 5. The van der Waals surface area contributed by atoms with Gasteiger partial charge in [-0.2, -0.15) is 0 Å². The average molecular weight is 422 g/mol. The van der Waals surface area contributed by atoms with Gasteiger partial charge in [0.25, 0.3) is 0 Å². The molecule has 3 heterocycles.